The van der Waals surface area contributed by atoms with Gasteiger partial charge in [0.15, 0.2) is 5.69 Å². The molecule has 0 aliphatic carbocycles. The zero-order chi connectivity index (χ0) is 16.6. The predicted octanol–water partition coefficient (Wildman–Crippen LogP) is 1.30. The number of thiophene rings is 1. The highest BCUT2D eigenvalue weighted by molar-refractivity contribution is 7.17. The summed E-state index contributed by atoms with van der Waals surface area (Å²) in [6, 6.07) is 1.66. The number of aryl methyl sites for hydroxylation is 1. The molecule has 8 heteroatoms. The lowest BCUT2D eigenvalue weighted by atomic mass is 10.0. The smallest absolute Gasteiger partial charge is 0.276 e. The van der Waals surface area contributed by atoms with E-state index in [1.807, 2.05) is 14.0 Å². The number of nitrogens with one attached hydrogen (secondary N) is 1. The molecule has 0 fully saturated rings. The molecule has 0 spiro atoms. The molecule has 2 amide bonds. The summed E-state index contributed by atoms with van der Waals surface area (Å²) in [5, 5.41) is 7.50. The van der Waals surface area contributed by atoms with Crippen LogP contribution in [0.1, 0.15) is 38.2 Å². The van der Waals surface area contributed by atoms with Crippen LogP contribution >= 0.6 is 11.3 Å². The Morgan fingerprint density at radius 1 is 1.48 bits per heavy atom. The largest absolute Gasteiger partial charge is 0.365 e. The molecule has 0 radical (unpaired) electrons. The van der Waals surface area contributed by atoms with Crippen LogP contribution in [0.3, 0.4) is 0 Å². The molecule has 122 valence electrons. The maximum absolute atomic E-state index is 12.4. The van der Waals surface area contributed by atoms with Crippen molar-refractivity contribution in [1.82, 2.24) is 14.7 Å². The second-order valence-corrected chi connectivity index (χ2v) is 6.68. The van der Waals surface area contributed by atoms with Crippen molar-refractivity contribution < 1.29 is 9.59 Å². The summed E-state index contributed by atoms with van der Waals surface area (Å²) >= 11 is 1.42. The predicted molar refractivity (Wildman–Crippen MR) is 88.7 cm³/mol. The van der Waals surface area contributed by atoms with E-state index in [9.17, 15) is 9.59 Å². The lowest BCUT2D eigenvalue weighted by Gasteiger charge is -2.22. The fourth-order valence-corrected chi connectivity index (χ4v) is 4.03. The fourth-order valence-electron chi connectivity index (χ4n) is 2.71. The minimum atomic E-state index is -0.499. The van der Waals surface area contributed by atoms with Gasteiger partial charge in [-0.3, -0.25) is 14.3 Å². The second-order valence-electron chi connectivity index (χ2n) is 5.57. The number of carbonyl (C=O) groups is 2. The first kappa shape index (κ1) is 15.7. The monoisotopic (exact) mass is 333 g/mol. The first-order valence-corrected chi connectivity index (χ1v) is 8.29. The first-order chi connectivity index (χ1) is 11.0. The van der Waals surface area contributed by atoms with Gasteiger partial charge in [0.25, 0.3) is 11.8 Å². The van der Waals surface area contributed by atoms with Crippen molar-refractivity contribution in [3.8, 4) is 0 Å². The zero-order valence-electron chi connectivity index (χ0n) is 13.1. The summed E-state index contributed by atoms with van der Waals surface area (Å²) in [5.74, 6) is -0.826. The molecule has 3 rings (SSSR count). The molecule has 23 heavy (non-hydrogen) atoms. The highest BCUT2D eigenvalue weighted by Gasteiger charge is 2.27. The van der Waals surface area contributed by atoms with E-state index in [0.29, 0.717) is 22.8 Å². The number of nitrogens with zero attached hydrogens (tertiary/aromatic N) is 3. The number of hydrogen-bond acceptors (Lipinski definition) is 5. The molecule has 0 saturated heterocycles. The summed E-state index contributed by atoms with van der Waals surface area (Å²) in [6.45, 7) is 4.28. The van der Waals surface area contributed by atoms with Crippen LogP contribution in [-0.4, -0.2) is 40.1 Å². The molecular weight excluding hydrogens is 314 g/mol. The zero-order valence-corrected chi connectivity index (χ0v) is 13.9. The third-order valence-corrected chi connectivity index (χ3v) is 5.05. The van der Waals surface area contributed by atoms with Gasteiger partial charge in [-0.2, -0.15) is 5.10 Å². The molecule has 0 atom stereocenters. The van der Waals surface area contributed by atoms with Crippen molar-refractivity contribution in [2.24, 2.45) is 5.73 Å². The number of primary amides is 1. The number of aromatic nitrogens is 2. The topological polar surface area (TPSA) is 93.2 Å². The molecule has 0 unspecified atom stereocenters. The molecule has 2 aromatic rings. The summed E-state index contributed by atoms with van der Waals surface area (Å²) < 4.78 is 1.68. The fraction of sp³-hybridized carbons (Fsp3) is 0.400. The molecule has 2 aromatic heterocycles. The van der Waals surface area contributed by atoms with Crippen LogP contribution in [0.5, 0.6) is 0 Å². The average Bonchev–Trinajstić information content (AvgIpc) is 3.10. The maximum atomic E-state index is 12.4. The molecule has 7 nitrogen and oxygen atoms in total. The third-order valence-electron chi connectivity index (χ3n) is 3.92. The SMILES string of the molecule is CCn1ccc(C(=O)Nc2sc3c(c2C(N)=O)CCN(C)C3)n1. The number of anilines is 1. The van der Waals surface area contributed by atoms with Gasteiger partial charge in [0, 0.05) is 30.7 Å². The molecule has 0 aromatic carbocycles. The summed E-state index contributed by atoms with van der Waals surface area (Å²) in [6.07, 6.45) is 2.51. The Bertz CT molecular complexity index is 764. The van der Waals surface area contributed by atoms with Gasteiger partial charge in [-0.25, -0.2) is 0 Å². The molecule has 1 aliphatic heterocycles. The van der Waals surface area contributed by atoms with Gasteiger partial charge in [-0.05, 0) is 32.0 Å². The van der Waals surface area contributed by atoms with Crippen molar-refractivity contribution in [2.45, 2.75) is 26.4 Å². The van der Waals surface area contributed by atoms with E-state index < -0.39 is 5.91 Å². The molecular formula is C15H19N5O2S. The third kappa shape index (κ3) is 2.99. The van der Waals surface area contributed by atoms with Gasteiger partial charge < -0.3 is 16.0 Å². The number of nitrogens with two attached hydrogens (primary N) is 1. The van der Waals surface area contributed by atoms with Crippen LogP contribution in [0.15, 0.2) is 12.3 Å². The number of fused-ring (bicyclic) bond motifs is 1. The van der Waals surface area contributed by atoms with Crippen molar-refractivity contribution >= 4 is 28.2 Å². The lowest BCUT2D eigenvalue weighted by Crippen LogP contribution is -2.27. The van der Waals surface area contributed by atoms with Crippen molar-refractivity contribution in [1.29, 1.82) is 0 Å². The van der Waals surface area contributed by atoms with E-state index in [1.165, 1.54) is 11.3 Å². The van der Waals surface area contributed by atoms with Gasteiger partial charge in [0.05, 0.1) is 5.56 Å². The molecule has 0 bridgehead atoms. The Hall–Kier alpha value is -2.19. The standard InChI is InChI=1S/C15H19N5O2S/c1-3-20-7-5-10(18-20)14(22)17-15-12(13(16)21)9-4-6-19(2)8-11(9)23-15/h5,7H,3-4,6,8H2,1-2H3,(H2,16,21)(H,17,22). The summed E-state index contributed by atoms with van der Waals surface area (Å²) in [7, 11) is 2.03. The quantitative estimate of drug-likeness (QED) is 0.882. The van der Waals surface area contributed by atoms with Crippen molar-refractivity contribution in [3.63, 3.8) is 0 Å². The lowest BCUT2D eigenvalue weighted by molar-refractivity contribution is 0.1000. The van der Waals surface area contributed by atoms with E-state index in [1.54, 1.807) is 16.9 Å². The minimum Gasteiger partial charge on any atom is -0.365 e. The second kappa shape index (κ2) is 6.13. The van der Waals surface area contributed by atoms with Gasteiger partial charge in [0.1, 0.15) is 5.00 Å². The summed E-state index contributed by atoms with van der Waals surface area (Å²) in [4.78, 5) is 27.5. The van der Waals surface area contributed by atoms with E-state index >= 15 is 0 Å². The van der Waals surface area contributed by atoms with E-state index in [2.05, 4.69) is 15.3 Å². The number of rotatable bonds is 4. The molecule has 1 aliphatic rings. The molecule has 3 heterocycles. The minimum absolute atomic E-state index is 0.325. The van der Waals surface area contributed by atoms with Crippen LogP contribution in [0, 0.1) is 0 Å². The Morgan fingerprint density at radius 2 is 2.26 bits per heavy atom. The van der Waals surface area contributed by atoms with E-state index in [4.69, 9.17) is 5.73 Å². The van der Waals surface area contributed by atoms with Crippen LogP contribution in [0.25, 0.3) is 0 Å². The average molecular weight is 333 g/mol. The number of carbonyl (C=O) groups excluding carboxylic acids is 2. The van der Waals surface area contributed by atoms with Gasteiger partial charge in [-0.1, -0.05) is 0 Å². The Kier molecular flexibility index (Phi) is 4.18. The number of amides is 2. The Labute approximate surface area is 138 Å². The highest BCUT2D eigenvalue weighted by atomic mass is 32.1. The Balaban J connectivity index is 1.90. The highest BCUT2D eigenvalue weighted by Crippen LogP contribution is 2.36. The van der Waals surface area contributed by atoms with Gasteiger partial charge in [-0.15, -0.1) is 11.3 Å². The van der Waals surface area contributed by atoms with E-state index in [0.717, 1.165) is 30.0 Å². The van der Waals surface area contributed by atoms with Crippen molar-refractivity contribution in [2.75, 3.05) is 18.9 Å². The van der Waals surface area contributed by atoms with Gasteiger partial charge >= 0.3 is 0 Å². The molecule has 0 saturated carbocycles. The van der Waals surface area contributed by atoms with Crippen LogP contribution in [-0.2, 0) is 19.5 Å². The first-order valence-electron chi connectivity index (χ1n) is 7.47. The number of likely N-dealkylation sites (N-methyl/N-ethyl adjacent to an activating group) is 1. The van der Waals surface area contributed by atoms with Gasteiger partial charge in [0.2, 0.25) is 0 Å². The Morgan fingerprint density at radius 3 is 2.91 bits per heavy atom. The summed E-state index contributed by atoms with van der Waals surface area (Å²) in [5.41, 5.74) is 7.28. The van der Waals surface area contributed by atoms with E-state index in [-0.39, 0.29) is 5.91 Å². The van der Waals surface area contributed by atoms with Crippen LogP contribution < -0.4 is 11.1 Å². The normalized spacial score (nSPS) is 14.5. The van der Waals surface area contributed by atoms with Crippen molar-refractivity contribution in [3.05, 3.63) is 34.0 Å². The maximum Gasteiger partial charge on any atom is 0.276 e. The van der Waals surface area contributed by atoms with Crippen LogP contribution in [0.4, 0.5) is 5.00 Å². The molecule has 3 N–H and O–H groups in total. The van der Waals surface area contributed by atoms with Crippen LogP contribution in [0.2, 0.25) is 0 Å². The number of hydrogen-bond donors (Lipinski definition) is 2.